The minimum absolute atomic E-state index is 0.0222. The predicted octanol–water partition coefficient (Wildman–Crippen LogP) is 5.88. The Morgan fingerprint density at radius 3 is 2.12 bits per heavy atom. The van der Waals surface area contributed by atoms with Crippen molar-refractivity contribution in [3.8, 4) is 0 Å². The van der Waals surface area contributed by atoms with Crippen LogP contribution in [0.4, 0.5) is 28.4 Å². The fourth-order valence-corrected chi connectivity index (χ4v) is 2.14. The predicted molar refractivity (Wildman–Crippen MR) is 89.2 cm³/mol. The first kappa shape index (κ1) is 21.0. The molecule has 0 N–H and O–H groups in total. The fourth-order valence-electron chi connectivity index (χ4n) is 1.65. The van der Waals surface area contributed by atoms with E-state index in [0.29, 0.717) is 11.0 Å². The zero-order chi connectivity index (χ0) is 19.6. The molecule has 5 nitrogen and oxygen atoms in total. The van der Waals surface area contributed by atoms with Crippen molar-refractivity contribution in [1.29, 1.82) is 0 Å². The SMILES string of the molecule is C=C(C)OC(=O)N(C(=O)OC(C)(C)C)c1cc(Br)cc(C(F)(F)F)c1. The second kappa shape index (κ2) is 7.47. The van der Waals surface area contributed by atoms with Gasteiger partial charge in [0, 0.05) is 4.47 Å². The van der Waals surface area contributed by atoms with Crippen LogP contribution in [0.2, 0.25) is 0 Å². The summed E-state index contributed by atoms with van der Waals surface area (Å²) >= 11 is 2.94. The number of hydrogen-bond donors (Lipinski definition) is 0. The van der Waals surface area contributed by atoms with Gasteiger partial charge in [-0.15, -0.1) is 0 Å². The van der Waals surface area contributed by atoms with Gasteiger partial charge in [-0.25, -0.2) is 9.59 Å². The van der Waals surface area contributed by atoms with Crippen LogP contribution in [-0.2, 0) is 15.7 Å². The highest BCUT2D eigenvalue weighted by atomic mass is 79.9. The highest BCUT2D eigenvalue weighted by molar-refractivity contribution is 9.10. The van der Waals surface area contributed by atoms with E-state index in [1.165, 1.54) is 13.0 Å². The van der Waals surface area contributed by atoms with Crippen LogP contribution in [0.15, 0.2) is 35.0 Å². The summed E-state index contributed by atoms with van der Waals surface area (Å²) in [6.07, 6.45) is -7.07. The maximum absolute atomic E-state index is 13.0. The maximum Gasteiger partial charge on any atom is 0.429 e. The van der Waals surface area contributed by atoms with E-state index in [-0.39, 0.29) is 15.9 Å². The Morgan fingerprint density at radius 2 is 1.68 bits per heavy atom. The number of rotatable bonds is 2. The van der Waals surface area contributed by atoms with Crippen molar-refractivity contribution < 1.29 is 32.2 Å². The minimum atomic E-state index is -4.67. The molecule has 0 saturated carbocycles. The molecule has 25 heavy (non-hydrogen) atoms. The van der Waals surface area contributed by atoms with Crippen LogP contribution in [-0.4, -0.2) is 17.8 Å². The smallest absolute Gasteiger partial charge is 0.429 e. The number of nitrogens with zero attached hydrogens (tertiary/aromatic N) is 1. The van der Waals surface area contributed by atoms with E-state index in [1.807, 2.05) is 0 Å². The summed E-state index contributed by atoms with van der Waals surface area (Å²) in [5.41, 5.74) is -2.38. The van der Waals surface area contributed by atoms with Crippen LogP contribution in [0.1, 0.15) is 33.3 Å². The van der Waals surface area contributed by atoms with Crippen LogP contribution < -0.4 is 4.90 Å². The lowest BCUT2D eigenvalue weighted by Crippen LogP contribution is -2.41. The van der Waals surface area contributed by atoms with Gasteiger partial charge in [0.1, 0.15) is 5.60 Å². The quantitative estimate of drug-likeness (QED) is 0.557. The molecule has 0 radical (unpaired) electrons. The maximum atomic E-state index is 13.0. The third kappa shape index (κ3) is 6.41. The van der Waals surface area contributed by atoms with Crippen LogP contribution in [0.5, 0.6) is 0 Å². The van der Waals surface area contributed by atoms with Crippen LogP contribution >= 0.6 is 15.9 Å². The molecular weight excluding hydrogens is 407 g/mol. The lowest BCUT2D eigenvalue weighted by molar-refractivity contribution is -0.137. The third-order valence-corrected chi connectivity index (χ3v) is 2.95. The van der Waals surface area contributed by atoms with E-state index in [0.717, 1.165) is 6.07 Å². The van der Waals surface area contributed by atoms with Crippen molar-refractivity contribution in [2.24, 2.45) is 0 Å². The normalized spacial score (nSPS) is 11.7. The van der Waals surface area contributed by atoms with Crippen LogP contribution in [0, 0.1) is 0 Å². The molecule has 0 spiro atoms. The summed E-state index contributed by atoms with van der Waals surface area (Å²) in [4.78, 5) is 24.9. The number of alkyl halides is 3. The number of carbonyl (C=O) groups excluding carboxylic acids is 2. The first-order valence-electron chi connectivity index (χ1n) is 6.99. The molecule has 0 fully saturated rings. The molecule has 1 rings (SSSR count). The number of imide groups is 1. The number of ether oxygens (including phenoxy) is 2. The molecule has 0 aliphatic rings. The molecule has 0 aliphatic heterocycles. The zero-order valence-electron chi connectivity index (χ0n) is 14.0. The second-order valence-electron chi connectivity index (χ2n) is 6.08. The lowest BCUT2D eigenvalue weighted by Gasteiger charge is -2.26. The number of amides is 2. The molecular formula is C16H17BrF3NO4. The van der Waals surface area contributed by atoms with Gasteiger partial charge in [0.15, 0.2) is 0 Å². The molecule has 1 aromatic rings. The number of hydrogen-bond acceptors (Lipinski definition) is 4. The van der Waals surface area contributed by atoms with Crippen molar-refractivity contribution in [2.45, 2.75) is 39.5 Å². The van der Waals surface area contributed by atoms with Gasteiger partial charge in [0.05, 0.1) is 17.0 Å². The average Bonchev–Trinajstić information content (AvgIpc) is 2.33. The number of carbonyl (C=O) groups is 2. The van der Waals surface area contributed by atoms with Gasteiger partial charge >= 0.3 is 18.4 Å². The monoisotopic (exact) mass is 423 g/mol. The van der Waals surface area contributed by atoms with Gasteiger partial charge in [-0.1, -0.05) is 22.5 Å². The standard InChI is InChI=1S/C16H17BrF3NO4/c1-9(2)24-13(22)21(14(23)25-15(3,4)5)12-7-10(16(18,19)20)6-11(17)8-12/h6-8H,1H2,2-5H3. The summed E-state index contributed by atoms with van der Waals surface area (Å²) in [6.45, 7) is 9.38. The first-order chi connectivity index (χ1) is 11.2. The molecule has 9 heteroatoms. The number of anilines is 1. The Balaban J connectivity index is 3.41. The van der Waals surface area contributed by atoms with E-state index in [2.05, 4.69) is 22.5 Å². The molecule has 1 aromatic carbocycles. The van der Waals surface area contributed by atoms with Crippen molar-refractivity contribution in [1.82, 2.24) is 0 Å². The van der Waals surface area contributed by atoms with Crippen LogP contribution in [0.25, 0.3) is 0 Å². The highest BCUT2D eigenvalue weighted by Crippen LogP contribution is 2.35. The van der Waals surface area contributed by atoms with Crippen LogP contribution in [0.3, 0.4) is 0 Å². The molecule has 0 unspecified atom stereocenters. The largest absolute Gasteiger partial charge is 0.443 e. The third-order valence-electron chi connectivity index (χ3n) is 2.49. The van der Waals surface area contributed by atoms with Crippen molar-refractivity contribution in [3.63, 3.8) is 0 Å². The molecule has 0 heterocycles. The topological polar surface area (TPSA) is 55.8 Å². The Morgan fingerprint density at radius 1 is 1.12 bits per heavy atom. The fraction of sp³-hybridized carbons (Fsp3) is 0.375. The average molecular weight is 424 g/mol. The van der Waals surface area contributed by atoms with E-state index in [1.54, 1.807) is 20.8 Å². The van der Waals surface area contributed by atoms with Crippen molar-refractivity contribution >= 4 is 33.8 Å². The molecule has 0 aromatic heterocycles. The van der Waals surface area contributed by atoms with Gasteiger partial charge in [-0.05, 0) is 45.9 Å². The van der Waals surface area contributed by atoms with Gasteiger partial charge in [-0.3, -0.25) is 0 Å². The summed E-state index contributed by atoms with van der Waals surface area (Å²) in [6, 6.07) is 2.63. The Labute approximate surface area is 151 Å². The van der Waals surface area contributed by atoms with E-state index in [4.69, 9.17) is 9.47 Å². The van der Waals surface area contributed by atoms with E-state index < -0.39 is 29.5 Å². The molecule has 0 bridgehead atoms. The Bertz CT molecular complexity index is 696. The number of allylic oxidation sites excluding steroid dienone is 1. The molecule has 138 valence electrons. The van der Waals surface area contributed by atoms with Gasteiger partial charge in [0.25, 0.3) is 0 Å². The zero-order valence-corrected chi connectivity index (χ0v) is 15.6. The molecule has 0 atom stereocenters. The van der Waals surface area contributed by atoms with Crippen molar-refractivity contribution in [2.75, 3.05) is 4.90 Å². The summed E-state index contributed by atoms with van der Waals surface area (Å²) in [5, 5.41) is 0. The first-order valence-corrected chi connectivity index (χ1v) is 7.78. The Hall–Kier alpha value is -2.03. The molecule has 0 aliphatic carbocycles. The summed E-state index contributed by atoms with van der Waals surface area (Å²) < 4.78 is 48.9. The minimum Gasteiger partial charge on any atom is -0.443 e. The summed E-state index contributed by atoms with van der Waals surface area (Å²) in [5.74, 6) is -0.0374. The van der Waals surface area contributed by atoms with Crippen molar-refractivity contribution in [3.05, 3.63) is 40.6 Å². The number of halogens is 4. The number of benzene rings is 1. The Kier molecular flexibility index (Phi) is 6.28. The van der Waals surface area contributed by atoms with E-state index in [9.17, 15) is 22.8 Å². The molecule has 2 amide bonds. The second-order valence-corrected chi connectivity index (χ2v) is 7.00. The van der Waals surface area contributed by atoms with Gasteiger partial charge < -0.3 is 9.47 Å². The molecule has 0 saturated heterocycles. The van der Waals surface area contributed by atoms with Gasteiger partial charge in [-0.2, -0.15) is 18.1 Å². The lowest BCUT2D eigenvalue weighted by atomic mass is 10.2. The van der Waals surface area contributed by atoms with E-state index >= 15 is 0 Å². The highest BCUT2D eigenvalue weighted by Gasteiger charge is 2.35. The summed E-state index contributed by atoms with van der Waals surface area (Å²) in [7, 11) is 0. The van der Waals surface area contributed by atoms with Gasteiger partial charge in [0.2, 0.25) is 0 Å².